The second-order valence-corrected chi connectivity index (χ2v) is 6.60. The van der Waals surface area contributed by atoms with Gasteiger partial charge < -0.3 is 5.11 Å². The summed E-state index contributed by atoms with van der Waals surface area (Å²) in [6, 6.07) is 12.1. The summed E-state index contributed by atoms with van der Waals surface area (Å²) in [6.45, 7) is -0.124. The fourth-order valence-corrected chi connectivity index (χ4v) is 3.73. The van der Waals surface area contributed by atoms with Gasteiger partial charge in [0, 0.05) is 19.3 Å². The highest BCUT2D eigenvalue weighted by Gasteiger charge is 2.26. The molecule has 0 atom stereocenters. The van der Waals surface area contributed by atoms with Crippen LogP contribution in [0.4, 0.5) is 0 Å². The summed E-state index contributed by atoms with van der Waals surface area (Å²) in [5.74, 6) is 0. The Labute approximate surface area is 128 Å². The van der Waals surface area contributed by atoms with E-state index in [1.54, 1.807) is 0 Å². The van der Waals surface area contributed by atoms with Crippen molar-refractivity contribution in [3.05, 3.63) is 59.4 Å². The van der Waals surface area contributed by atoms with Gasteiger partial charge in [0.2, 0.25) is 10.0 Å². The van der Waals surface area contributed by atoms with E-state index in [0.717, 1.165) is 5.56 Å². The molecule has 0 spiro atoms. The molecule has 1 aromatic carbocycles. The van der Waals surface area contributed by atoms with Crippen molar-refractivity contribution < 1.29 is 13.5 Å². The summed E-state index contributed by atoms with van der Waals surface area (Å²) in [5, 5.41) is 9.06. The van der Waals surface area contributed by atoms with E-state index < -0.39 is 10.0 Å². The van der Waals surface area contributed by atoms with Crippen molar-refractivity contribution in [3.63, 3.8) is 0 Å². The second kappa shape index (κ2) is 7.00. The third kappa shape index (κ3) is 3.79. The Morgan fingerprint density at radius 2 is 1.86 bits per heavy atom. The molecule has 0 saturated carbocycles. The van der Waals surface area contributed by atoms with Crippen LogP contribution in [0.5, 0.6) is 0 Å². The van der Waals surface area contributed by atoms with Gasteiger partial charge in [-0.15, -0.1) is 0 Å². The molecule has 2 aromatic rings. The molecule has 1 heterocycles. The van der Waals surface area contributed by atoms with Crippen LogP contribution in [0.15, 0.2) is 53.6 Å². The number of hydrogen-bond acceptors (Lipinski definition) is 4. The van der Waals surface area contributed by atoms with Crippen LogP contribution in [0.3, 0.4) is 0 Å². The van der Waals surface area contributed by atoms with Crippen LogP contribution in [0.2, 0.25) is 5.15 Å². The van der Waals surface area contributed by atoms with E-state index in [-0.39, 0.29) is 29.7 Å². The number of pyridine rings is 1. The molecule has 0 amide bonds. The van der Waals surface area contributed by atoms with E-state index >= 15 is 0 Å². The zero-order valence-electron chi connectivity index (χ0n) is 11.2. The zero-order chi connectivity index (χ0) is 15.3. The van der Waals surface area contributed by atoms with Crippen molar-refractivity contribution in [2.75, 3.05) is 13.2 Å². The lowest BCUT2D eigenvalue weighted by molar-refractivity contribution is 0.251. The van der Waals surface area contributed by atoms with Gasteiger partial charge in [0.05, 0.1) is 6.61 Å². The first-order valence-corrected chi connectivity index (χ1v) is 8.13. The number of aliphatic hydroxyl groups excluding tert-OH is 1. The van der Waals surface area contributed by atoms with E-state index in [0.29, 0.717) is 0 Å². The predicted molar refractivity (Wildman–Crippen MR) is 80.4 cm³/mol. The van der Waals surface area contributed by atoms with Crippen LogP contribution in [0.25, 0.3) is 0 Å². The summed E-state index contributed by atoms with van der Waals surface area (Å²) < 4.78 is 26.5. The fraction of sp³-hybridized carbons (Fsp3) is 0.214. The predicted octanol–water partition coefficient (Wildman–Crippen LogP) is 1.92. The first-order chi connectivity index (χ1) is 10.1. The maximum absolute atomic E-state index is 12.6. The van der Waals surface area contributed by atoms with Gasteiger partial charge in [0.1, 0.15) is 10.0 Å². The van der Waals surface area contributed by atoms with E-state index in [9.17, 15) is 8.42 Å². The Kier molecular flexibility index (Phi) is 5.30. The summed E-state index contributed by atoms with van der Waals surface area (Å²) in [4.78, 5) is 3.73. The molecule has 2 rings (SSSR count). The molecule has 5 nitrogen and oxygen atoms in total. The van der Waals surface area contributed by atoms with Gasteiger partial charge in [-0.05, 0) is 17.7 Å². The average Bonchev–Trinajstić information content (AvgIpc) is 2.48. The van der Waals surface area contributed by atoms with Crippen LogP contribution in [-0.2, 0) is 16.6 Å². The molecular formula is C14H15ClN2O3S. The first-order valence-electron chi connectivity index (χ1n) is 6.31. The molecular weight excluding hydrogens is 312 g/mol. The molecule has 0 fully saturated rings. The van der Waals surface area contributed by atoms with Crippen molar-refractivity contribution >= 4 is 21.6 Å². The largest absolute Gasteiger partial charge is 0.395 e. The fourth-order valence-electron chi connectivity index (χ4n) is 1.89. The number of sulfonamides is 1. The number of nitrogens with zero attached hydrogens (tertiary/aromatic N) is 2. The molecule has 21 heavy (non-hydrogen) atoms. The minimum absolute atomic E-state index is 0.0115. The normalized spacial score (nSPS) is 11.8. The van der Waals surface area contributed by atoms with Gasteiger partial charge in [-0.1, -0.05) is 41.9 Å². The summed E-state index contributed by atoms with van der Waals surface area (Å²) in [6.07, 6.45) is 1.43. The molecule has 0 aliphatic heterocycles. The highest BCUT2D eigenvalue weighted by molar-refractivity contribution is 7.89. The Bertz CT molecular complexity index is 692. The Hall–Kier alpha value is -1.47. The molecule has 1 N–H and O–H groups in total. The minimum Gasteiger partial charge on any atom is -0.395 e. The minimum atomic E-state index is -3.81. The third-order valence-corrected chi connectivity index (χ3v) is 5.18. The van der Waals surface area contributed by atoms with Gasteiger partial charge in [0.15, 0.2) is 0 Å². The molecule has 0 aliphatic rings. The lowest BCUT2D eigenvalue weighted by atomic mass is 10.2. The zero-order valence-corrected chi connectivity index (χ0v) is 12.8. The number of aliphatic hydroxyl groups is 1. The highest BCUT2D eigenvalue weighted by atomic mass is 35.5. The molecule has 0 aliphatic carbocycles. The number of benzene rings is 1. The lowest BCUT2D eigenvalue weighted by Crippen LogP contribution is -2.33. The van der Waals surface area contributed by atoms with Crippen molar-refractivity contribution in [2.45, 2.75) is 11.4 Å². The maximum Gasteiger partial charge on any atom is 0.246 e. The van der Waals surface area contributed by atoms with Gasteiger partial charge in [-0.25, -0.2) is 13.4 Å². The maximum atomic E-state index is 12.6. The molecule has 0 saturated heterocycles. The van der Waals surface area contributed by atoms with Crippen molar-refractivity contribution in [2.24, 2.45) is 0 Å². The average molecular weight is 327 g/mol. The van der Waals surface area contributed by atoms with E-state index in [4.69, 9.17) is 16.7 Å². The summed E-state index contributed by atoms with van der Waals surface area (Å²) in [5.41, 5.74) is 0.828. The Morgan fingerprint density at radius 1 is 1.14 bits per heavy atom. The van der Waals surface area contributed by atoms with Crippen LogP contribution in [-0.4, -0.2) is 36.0 Å². The summed E-state index contributed by atoms with van der Waals surface area (Å²) in [7, 11) is -3.81. The molecule has 0 unspecified atom stereocenters. The third-order valence-electron chi connectivity index (χ3n) is 2.89. The van der Waals surface area contributed by atoms with E-state index in [1.165, 1.54) is 22.6 Å². The SMILES string of the molecule is O=S(=O)(c1cccnc1Cl)N(CCO)Cc1ccccc1. The second-order valence-electron chi connectivity index (χ2n) is 4.34. The van der Waals surface area contributed by atoms with Crippen LogP contribution in [0, 0.1) is 0 Å². The Morgan fingerprint density at radius 3 is 2.48 bits per heavy atom. The lowest BCUT2D eigenvalue weighted by Gasteiger charge is -2.21. The smallest absolute Gasteiger partial charge is 0.246 e. The standard InChI is InChI=1S/C14H15ClN2O3S/c15-14-13(7-4-8-16-14)21(19,20)17(9-10-18)11-12-5-2-1-3-6-12/h1-8,18H,9-11H2. The number of rotatable bonds is 6. The van der Waals surface area contributed by atoms with Crippen LogP contribution >= 0.6 is 11.6 Å². The van der Waals surface area contributed by atoms with E-state index in [2.05, 4.69) is 4.98 Å². The molecule has 1 aromatic heterocycles. The van der Waals surface area contributed by atoms with Gasteiger partial charge >= 0.3 is 0 Å². The van der Waals surface area contributed by atoms with Crippen molar-refractivity contribution in [1.82, 2.24) is 9.29 Å². The van der Waals surface area contributed by atoms with Crippen molar-refractivity contribution in [1.29, 1.82) is 0 Å². The van der Waals surface area contributed by atoms with Crippen LogP contribution < -0.4 is 0 Å². The van der Waals surface area contributed by atoms with Crippen molar-refractivity contribution in [3.8, 4) is 0 Å². The number of halogens is 1. The van der Waals surface area contributed by atoms with Gasteiger partial charge in [0.25, 0.3) is 0 Å². The number of aromatic nitrogens is 1. The highest BCUT2D eigenvalue weighted by Crippen LogP contribution is 2.23. The molecule has 0 bridgehead atoms. The summed E-state index contributed by atoms with van der Waals surface area (Å²) >= 11 is 5.88. The van der Waals surface area contributed by atoms with Crippen LogP contribution in [0.1, 0.15) is 5.56 Å². The first kappa shape index (κ1) is 15.9. The topological polar surface area (TPSA) is 70.5 Å². The van der Waals surface area contributed by atoms with E-state index in [1.807, 2.05) is 30.3 Å². The van der Waals surface area contributed by atoms with Gasteiger partial charge in [-0.3, -0.25) is 0 Å². The monoisotopic (exact) mass is 326 g/mol. The quantitative estimate of drug-likeness (QED) is 0.823. The molecule has 0 radical (unpaired) electrons. The Balaban J connectivity index is 2.35. The molecule has 112 valence electrons. The molecule has 7 heteroatoms. The van der Waals surface area contributed by atoms with Gasteiger partial charge in [-0.2, -0.15) is 4.31 Å². The number of hydrogen-bond donors (Lipinski definition) is 1.